The quantitative estimate of drug-likeness (QED) is 0.883. The lowest BCUT2D eigenvalue weighted by Gasteiger charge is -2.17. The van der Waals surface area contributed by atoms with E-state index >= 15 is 0 Å². The molecule has 3 rings (SSSR count). The van der Waals surface area contributed by atoms with Crippen LogP contribution in [0.4, 0.5) is 5.69 Å². The predicted octanol–water partition coefficient (Wildman–Crippen LogP) is 2.81. The zero-order valence-electron chi connectivity index (χ0n) is 12.8. The zero-order valence-corrected chi connectivity index (χ0v) is 12.8. The van der Waals surface area contributed by atoms with Crippen LogP contribution in [0.1, 0.15) is 26.3 Å². The highest BCUT2D eigenvalue weighted by Gasteiger charge is 2.25. The van der Waals surface area contributed by atoms with Crippen LogP contribution < -0.4 is 10.2 Å². The Kier molecular flexibility index (Phi) is 4.24. The van der Waals surface area contributed by atoms with Gasteiger partial charge in [-0.05, 0) is 36.2 Å². The van der Waals surface area contributed by atoms with Gasteiger partial charge < -0.3 is 10.2 Å². The van der Waals surface area contributed by atoms with Gasteiger partial charge in [-0.25, -0.2) is 0 Å². The van der Waals surface area contributed by atoms with Gasteiger partial charge in [-0.15, -0.1) is 6.58 Å². The highest BCUT2D eigenvalue weighted by Crippen LogP contribution is 2.28. The van der Waals surface area contributed by atoms with E-state index in [0.717, 1.165) is 12.1 Å². The number of para-hydroxylation sites is 1. The summed E-state index contributed by atoms with van der Waals surface area (Å²) in [4.78, 5) is 26.6. The van der Waals surface area contributed by atoms with Crippen molar-refractivity contribution in [1.29, 1.82) is 0 Å². The first-order chi connectivity index (χ1) is 11.2. The molecular formula is C19H18N2O2. The van der Waals surface area contributed by atoms with Gasteiger partial charge in [-0.2, -0.15) is 0 Å². The number of nitrogens with zero attached hydrogens (tertiary/aromatic N) is 1. The maximum Gasteiger partial charge on any atom is 0.258 e. The molecule has 0 spiro atoms. The minimum absolute atomic E-state index is 0.0756. The summed E-state index contributed by atoms with van der Waals surface area (Å²) in [6, 6.07) is 14.7. The highest BCUT2D eigenvalue weighted by molar-refractivity contribution is 6.08. The second-order valence-electron chi connectivity index (χ2n) is 5.42. The summed E-state index contributed by atoms with van der Waals surface area (Å²) in [6.45, 7) is 4.64. The average Bonchev–Trinajstić information content (AvgIpc) is 3.03. The van der Waals surface area contributed by atoms with Crippen molar-refractivity contribution in [1.82, 2.24) is 5.32 Å². The molecule has 0 saturated carbocycles. The van der Waals surface area contributed by atoms with E-state index in [1.807, 2.05) is 24.3 Å². The molecule has 0 aliphatic carbocycles. The molecule has 0 bridgehead atoms. The summed E-state index contributed by atoms with van der Waals surface area (Å²) in [6.07, 6.45) is 2.48. The van der Waals surface area contributed by atoms with E-state index in [2.05, 4.69) is 11.9 Å². The number of rotatable bonds is 4. The van der Waals surface area contributed by atoms with Gasteiger partial charge in [0, 0.05) is 29.9 Å². The predicted molar refractivity (Wildman–Crippen MR) is 90.8 cm³/mol. The summed E-state index contributed by atoms with van der Waals surface area (Å²) in [5.41, 5.74) is 3.14. The molecule has 1 N–H and O–H groups in total. The molecule has 2 aromatic carbocycles. The summed E-state index contributed by atoms with van der Waals surface area (Å²) in [7, 11) is 0. The number of nitrogens with one attached hydrogen (secondary N) is 1. The number of hydrogen-bond donors (Lipinski definition) is 1. The molecular weight excluding hydrogens is 288 g/mol. The number of benzene rings is 2. The monoisotopic (exact) mass is 306 g/mol. The average molecular weight is 306 g/mol. The lowest BCUT2D eigenvalue weighted by atomic mass is 10.1. The molecule has 0 unspecified atom stereocenters. The Balaban J connectivity index is 1.84. The van der Waals surface area contributed by atoms with Crippen molar-refractivity contribution in [2.45, 2.75) is 6.42 Å². The van der Waals surface area contributed by atoms with Gasteiger partial charge in [0.2, 0.25) is 0 Å². The van der Waals surface area contributed by atoms with Crippen LogP contribution in [0.2, 0.25) is 0 Å². The molecule has 4 nitrogen and oxygen atoms in total. The van der Waals surface area contributed by atoms with Crippen molar-refractivity contribution >= 4 is 17.5 Å². The van der Waals surface area contributed by atoms with Gasteiger partial charge in [0.25, 0.3) is 11.8 Å². The number of fused-ring (bicyclic) bond motifs is 1. The van der Waals surface area contributed by atoms with E-state index in [9.17, 15) is 9.59 Å². The van der Waals surface area contributed by atoms with E-state index < -0.39 is 0 Å². The first-order valence-electron chi connectivity index (χ1n) is 7.59. The van der Waals surface area contributed by atoms with Gasteiger partial charge >= 0.3 is 0 Å². The second-order valence-corrected chi connectivity index (χ2v) is 5.42. The maximum absolute atomic E-state index is 12.8. The van der Waals surface area contributed by atoms with Crippen LogP contribution in [0.5, 0.6) is 0 Å². The Morgan fingerprint density at radius 3 is 2.74 bits per heavy atom. The summed E-state index contributed by atoms with van der Waals surface area (Å²) in [5, 5.41) is 2.72. The molecule has 0 aromatic heterocycles. The fourth-order valence-corrected chi connectivity index (χ4v) is 2.77. The van der Waals surface area contributed by atoms with Crippen LogP contribution in [-0.4, -0.2) is 24.9 Å². The molecule has 2 amide bonds. The zero-order chi connectivity index (χ0) is 16.2. The molecule has 23 heavy (non-hydrogen) atoms. The summed E-state index contributed by atoms with van der Waals surface area (Å²) < 4.78 is 0. The molecule has 1 aliphatic heterocycles. The molecule has 1 aliphatic rings. The third-order valence-electron chi connectivity index (χ3n) is 3.91. The lowest BCUT2D eigenvalue weighted by molar-refractivity contribution is 0.0958. The minimum Gasteiger partial charge on any atom is -0.349 e. The van der Waals surface area contributed by atoms with Crippen molar-refractivity contribution in [3.63, 3.8) is 0 Å². The third kappa shape index (κ3) is 3.01. The SMILES string of the molecule is C=CCNC(=O)c1cccc(C(=O)N2CCc3ccccc32)c1. The number of amides is 2. The lowest BCUT2D eigenvalue weighted by Crippen LogP contribution is -2.29. The van der Waals surface area contributed by atoms with Crippen molar-refractivity contribution in [3.8, 4) is 0 Å². The number of carbonyl (C=O) groups excluding carboxylic acids is 2. The Morgan fingerprint density at radius 2 is 1.91 bits per heavy atom. The summed E-state index contributed by atoms with van der Waals surface area (Å²) >= 11 is 0. The molecule has 4 heteroatoms. The van der Waals surface area contributed by atoms with Gasteiger partial charge in [-0.1, -0.05) is 30.3 Å². The van der Waals surface area contributed by atoms with Crippen LogP contribution in [-0.2, 0) is 6.42 Å². The smallest absolute Gasteiger partial charge is 0.258 e. The molecule has 0 saturated heterocycles. The Labute approximate surface area is 135 Å². The van der Waals surface area contributed by atoms with Gasteiger partial charge in [-0.3, -0.25) is 9.59 Å². The fourth-order valence-electron chi connectivity index (χ4n) is 2.77. The summed E-state index contributed by atoms with van der Waals surface area (Å²) in [5.74, 6) is -0.283. The Hall–Kier alpha value is -2.88. The van der Waals surface area contributed by atoms with Gasteiger partial charge in [0.1, 0.15) is 0 Å². The molecule has 1 heterocycles. The van der Waals surface area contributed by atoms with Gasteiger partial charge in [0.15, 0.2) is 0 Å². The van der Waals surface area contributed by atoms with Crippen molar-refractivity contribution < 1.29 is 9.59 Å². The minimum atomic E-state index is -0.207. The maximum atomic E-state index is 12.8. The molecule has 0 atom stereocenters. The second kappa shape index (κ2) is 6.48. The largest absolute Gasteiger partial charge is 0.349 e. The fraction of sp³-hybridized carbons (Fsp3) is 0.158. The van der Waals surface area contributed by atoms with Gasteiger partial charge in [0.05, 0.1) is 0 Å². The van der Waals surface area contributed by atoms with Crippen molar-refractivity contribution in [3.05, 3.63) is 77.9 Å². The molecule has 0 radical (unpaired) electrons. The number of carbonyl (C=O) groups is 2. The van der Waals surface area contributed by atoms with Crippen molar-refractivity contribution in [2.24, 2.45) is 0 Å². The number of hydrogen-bond acceptors (Lipinski definition) is 2. The first-order valence-corrected chi connectivity index (χ1v) is 7.59. The van der Waals surface area contributed by atoms with E-state index in [-0.39, 0.29) is 11.8 Å². The third-order valence-corrected chi connectivity index (χ3v) is 3.91. The van der Waals surface area contributed by atoms with Crippen LogP contribution >= 0.6 is 0 Å². The van der Waals surface area contributed by atoms with Crippen LogP contribution in [0, 0.1) is 0 Å². The normalized spacial score (nSPS) is 12.6. The van der Waals surface area contributed by atoms with Crippen LogP contribution in [0.25, 0.3) is 0 Å². The van der Waals surface area contributed by atoms with E-state index in [1.54, 1.807) is 35.2 Å². The van der Waals surface area contributed by atoms with E-state index in [0.29, 0.717) is 24.2 Å². The number of anilines is 1. The molecule has 116 valence electrons. The van der Waals surface area contributed by atoms with Crippen LogP contribution in [0.3, 0.4) is 0 Å². The highest BCUT2D eigenvalue weighted by atomic mass is 16.2. The molecule has 0 fully saturated rings. The standard InChI is InChI=1S/C19H18N2O2/c1-2-11-20-18(22)15-7-5-8-16(13-15)19(23)21-12-10-14-6-3-4-9-17(14)21/h2-9,13H,1,10-12H2,(H,20,22). The van der Waals surface area contributed by atoms with E-state index in [4.69, 9.17) is 0 Å². The Bertz CT molecular complexity index is 767. The molecule has 2 aromatic rings. The van der Waals surface area contributed by atoms with Crippen molar-refractivity contribution in [2.75, 3.05) is 18.0 Å². The van der Waals surface area contributed by atoms with E-state index in [1.165, 1.54) is 5.56 Å². The first kappa shape index (κ1) is 15.0. The Morgan fingerprint density at radius 1 is 1.13 bits per heavy atom. The van der Waals surface area contributed by atoms with Crippen LogP contribution in [0.15, 0.2) is 61.2 Å². The topological polar surface area (TPSA) is 49.4 Å².